The van der Waals surface area contributed by atoms with Crippen molar-refractivity contribution in [1.29, 1.82) is 0 Å². The highest BCUT2D eigenvalue weighted by Gasteiger charge is 2.09. The molecule has 9 heteroatoms. The second-order valence-corrected chi connectivity index (χ2v) is 3.33. The van der Waals surface area contributed by atoms with E-state index in [1.165, 1.54) is 0 Å². The van der Waals surface area contributed by atoms with Crippen molar-refractivity contribution in [3.63, 3.8) is 0 Å². The number of carboxylic acids is 2. The fraction of sp³-hybridized carbons (Fsp3) is 0.667. The number of nitrogens with two attached hydrogens (primary N) is 3. The van der Waals surface area contributed by atoms with Gasteiger partial charge < -0.3 is 32.7 Å². The Kier molecular flexibility index (Phi) is 11.9. The first kappa shape index (κ1) is 18.5. The van der Waals surface area contributed by atoms with Gasteiger partial charge in [-0.2, -0.15) is 0 Å². The molecule has 0 heterocycles. The zero-order chi connectivity index (χ0) is 14.6. The quantitative estimate of drug-likeness (QED) is 0.295. The molecular weight excluding hydrogens is 244 g/mol. The molecule has 9 N–H and O–H groups in total. The number of primary amides is 1. The number of unbranched alkanes of at least 4 members (excludes halogenated alkanes) is 1. The highest BCUT2D eigenvalue weighted by Crippen LogP contribution is 1.97. The van der Waals surface area contributed by atoms with Crippen LogP contribution in [0.25, 0.3) is 0 Å². The largest absolute Gasteiger partial charge is 0.480 e. The second-order valence-electron chi connectivity index (χ2n) is 3.33. The highest BCUT2D eigenvalue weighted by molar-refractivity contribution is 5.73. The van der Waals surface area contributed by atoms with Gasteiger partial charge in [-0.1, -0.05) is 0 Å². The van der Waals surface area contributed by atoms with Crippen molar-refractivity contribution < 1.29 is 24.6 Å². The molecule has 0 aliphatic rings. The lowest BCUT2D eigenvalue weighted by atomic mass is 10.1. The molecule has 0 fully saturated rings. The van der Waals surface area contributed by atoms with Crippen molar-refractivity contribution in [2.75, 3.05) is 13.1 Å². The van der Waals surface area contributed by atoms with Gasteiger partial charge in [-0.15, -0.1) is 0 Å². The maximum atomic E-state index is 10.3. The Balaban J connectivity index is 0. The zero-order valence-corrected chi connectivity index (χ0v) is 9.96. The summed E-state index contributed by atoms with van der Waals surface area (Å²) in [6, 6.07) is -1.38. The molecule has 18 heavy (non-hydrogen) atoms. The lowest BCUT2D eigenvalue weighted by Crippen LogP contribution is -2.31. The van der Waals surface area contributed by atoms with Crippen LogP contribution in [0.3, 0.4) is 0 Å². The van der Waals surface area contributed by atoms with Gasteiger partial charge in [-0.3, -0.25) is 9.59 Å². The molecule has 106 valence electrons. The van der Waals surface area contributed by atoms with Crippen molar-refractivity contribution >= 4 is 18.0 Å². The number of rotatable bonds is 7. The summed E-state index contributed by atoms with van der Waals surface area (Å²) < 4.78 is 0. The predicted molar refractivity (Wildman–Crippen MR) is 63.7 cm³/mol. The van der Waals surface area contributed by atoms with Crippen LogP contribution < -0.4 is 22.5 Å². The van der Waals surface area contributed by atoms with E-state index >= 15 is 0 Å². The van der Waals surface area contributed by atoms with Gasteiger partial charge >= 0.3 is 18.0 Å². The summed E-state index contributed by atoms with van der Waals surface area (Å²) in [5.41, 5.74) is 14.6. The van der Waals surface area contributed by atoms with Crippen molar-refractivity contribution in [1.82, 2.24) is 5.32 Å². The number of aliphatic carboxylic acids is 2. The smallest absolute Gasteiger partial charge is 0.320 e. The van der Waals surface area contributed by atoms with Gasteiger partial charge in [-0.05, 0) is 19.3 Å². The van der Waals surface area contributed by atoms with Gasteiger partial charge in [0.05, 0.1) is 6.54 Å². The van der Waals surface area contributed by atoms with Crippen LogP contribution in [0, 0.1) is 0 Å². The SMILES string of the molecule is NC(=O)NCCCC[C@H](N)C(=O)O.NCC(=O)O. The van der Waals surface area contributed by atoms with Crippen LogP contribution in [-0.4, -0.2) is 47.3 Å². The maximum Gasteiger partial charge on any atom is 0.320 e. The zero-order valence-electron chi connectivity index (χ0n) is 9.96. The molecule has 0 aromatic carbocycles. The molecule has 0 aromatic rings. The first-order valence-corrected chi connectivity index (χ1v) is 5.24. The van der Waals surface area contributed by atoms with Gasteiger partial charge in [0.25, 0.3) is 0 Å². The minimum Gasteiger partial charge on any atom is -0.480 e. The molecule has 0 saturated heterocycles. The van der Waals surface area contributed by atoms with Crippen LogP contribution in [0.4, 0.5) is 4.79 Å². The number of carbonyl (C=O) groups is 3. The lowest BCUT2D eigenvalue weighted by molar-refractivity contribution is -0.138. The molecule has 0 unspecified atom stereocenters. The fourth-order valence-electron chi connectivity index (χ4n) is 0.824. The van der Waals surface area contributed by atoms with E-state index in [1.807, 2.05) is 0 Å². The van der Waals surface area contributed by atoms with E-state index in [0.717, 1.165) is 0 Å². The van der Waals surface area contributed by atoms with Crippen molar-refractivity contribution in [3.05, 3.63) is 0 Å². The average molecular weight is 264 g/mol. The molecule has 0 rings (SSSR count). The maximum absolute atomic E-state index is 10.3. The average Bonchev–Trinajstić information content (AvgIpc) is 2.28. The summed E-state index contributed by atoms with van der Waals surface area (Å²) in [7, 11) is 0. The summed E-state index contributed by atoms with van der Waals surface area (Å²) >= 11 is 0. The van der Waals surface area contributed by atoms with Gasteiger partial charge in [-0.25, -0.2) is 4.79 Å². The Morgan fingerprint density at radius 2 is 1.67 bits per heavy atom. The van der Waals surface area contributed by atoms with E-state index in [1.54, 1.807) is 0 Å². The van der Waals surface area contributed by atoms with Crippen LogP contribution in [-0.2, 0) is 9.59 Å². The van der Waals surface area contributed by atoms with Gasteiger partial charge in [0.2, 0.25) is 0 Å². The lowest BCUT2D eigenvalue weighted by Gasteiger charge is -2.05. The summed E-state index contributed by atoms with van der Waals surface area (Å²) in [6.45, 7) is 0.182. The van der Waals surface area contributed by atoms with E-state index < -0.39 is 24.0 Å². The molecule has 0 aliphatic carbocycles. The topological polar surface area (TPSA) is 182 Å². The monoisotopic (exact) mass is 264 g/mol. The van der Waals surface area contributed by atoms with Crippen LogP contribution in [0.1, 0.15) is 19.3 Å². The normalized spacial score (nSPS) is 10.8. The molecule has 0 radical (unpaired) electrons. The summed E-state index contributed by atoms with van der Waals surface area (Å²) in [4.78, 5) is 29.7. The Morgan fingerprint density at radius 1 is 1.17 bits per heavy atom. The van der Waals surface area contributed by atoms with Crippen molar-refractivity contribution in [3.8, 4) is 0 Å². The van der Waals surface area contributed by atoms with E-state index in [-0.39, 0.29) is 6.54 Å². The van der Waals surface area contributed by atoms with Crippen LogP contribution in [0.5, 0.6) is 0 Å². The van der Waals surface area contributed by atoms with E-state index in [0.29, 0.717) is 25.8 Å². The highest BCUT2D eigenvalue weighted by atomic mass is 16.4. The summed E-state index contributed by atoms with van der Waals surface area (Å²) in [5, 5.41) is 18.4. The van der Waals surface area contributed by atoms with Crippen molar-refractivity contribution in [2.24, 2.45) is 17.2 Å². The molecule has 2 amide bonds. The van der Waals surface area contributed by atoms with Crippen LogP contribution in [0.15, 0.2) is 0 Å². The van der Waals surface area contributed by atoms with E-state index in [4.69, 9.17) is 21.7 Å². The first-order valence-electron chi connectivity index (χ1n) is 5.24. The molecule has 0 spiro atoms. The number of hydrogen-bond donors (Lipinski definition) is 6. The third-order valence-corrected chi connectivity index (χ3v) is 1.73. The molecule has 9 nitrogen and oxygen atoms in total. The number of carbonyl (C=O) groups excluding carboxylic acids is 1. The number of nitrogens with one attached hydrogen (secondary N) is 1. The first-order chi connectivity index (χ1) is 8.31. The minimum absolute atomic E-state index is 0.278. The number of amides is 2. The molecule has 1 atom stereocenters. The Hall–Kier alpha value is -1.87. The summed E-state index contributed by atoms with van der Waals surface area (Å²) in [5.74, 6) is -1.96. The molecule has 0 saturated carbocycles. The Bertz CT molecular complexity index is 272. The third kappa shape index (κ3) is 16.6. The van der Waals surface area contributed by atoms with Crippen molar-refractivity contribution in [2.45, 2.75) is 25.3 Å². The molecule has 0 bridgehead atoms. The molecule has 0 aliphatic heterocycles. The number of urea groups is 1. The van der Waals surface area contributed by atoms with Gasteiger partial charge in [0.1, 0.15) is 6.04 Å². The van der Waals surface area contributed by atoms with E-state index in [2.05, 4.69) is 11.1 Å². The van der Waals surface area contributed by atoms with Crippen LogP contribution >= 0.6 is 0 Å². The van der Waals surface area contributed by atoms with Gasteiger partial charge in [0.15, 0.2) is 0 Å². The Morgan fingerprint density at radius 3 is 2.00 bits per heavy atom. The van der Waals surface area contributed by atoms with E-state index in [9.17, 15) is 14.4 Å². The molecule has 0 aromatic heterocycles. The third-order valence-electron chi connectivity index (χ3n) is 1.73. The number of carboxylic acid groups (broad SMARTS) is 2. The summed E-state index contributed by atoms with van der Waals surface area (Å²) in [6.07, 6.45) is 1.76. The predicted octanol–water partition coefficient (Wildman–Crippen LogP) is -1.73. The second kappa shape index (κ2) is 11.6. The van der Waals surface area contributed by atoms with Gasteiger partial charge in [0, 0.05) is 6.54 Å². The minimum atomic E-state index is -0.997. The van der Waals surface area contributed by atoms with Crippen LogP contribution in [0.2, 0.25) is 0 Å². The number of hydrogen-bond acceptors (Lipinski definition) is 5. The molecular formula is C9H20N4O5. The Labute approximate surface area is 104 Å². The fourth-order valence-corrected chi connectivity index (χ4v) is 0.824. The standard InChI is InChI=1S/C7H15N3O3.C2H5NO2/c8-5(6(11)12)3-1-2-4-10-7(9)13;3-1-2(4)5/h5H,1-4,8H2,(H,11,12)(H3,9,10,13);1,3H2,(H,4,5)/t5-;/m0./s1.